The maximum atomic E-state index is 11.5. The molecule has 134 valence electrons. The summed E-state index contributed by atoms with van der Waals surface area (Å²) in [7, 11) is 1.30. The summed E-state index contributed by atoms with van der Waals surface area (Å²) in [5.41, 5.74) is 0.975. The first-order valence-corrected chi connectivity index (χ1v) is 9.05. The topological polar surface area (TPSA) is 87.1 Å². The highest BCUT2D eigenvalue weighted by Gasteiger charge is 2.15. The first-order valence-electron chi connectivity index (χ1n) is 7.90. The molecule has 24 heavy (non-hydrogen) atoms. The number of amides is 1. The van der Waals surface area contributed by atoms with Gasteiger partial charge >= 0.3 is 0 Å². The van der Waals surface area contributed by atoms with Gasteiger partial charge in [0.1, 0.15) is 11.5 Å². The van der Waals surface area contributed by atoms with Gasteiger partial charge in [-0.05, 0) is 37.7 Å². The maximum Gasteiger partial charge on any atom is 0.255 e. The van der Waals surface area contributed by atoms with Crippen LogP contribution in [-0.4, -0.2) is 52.2 Å². The lowest BCUT2D eigenvalue weighted by Gasteiger charge is -2.14. The third-order valence-corrected chi connectivity index (χ3v) is 4.42. The van der Waals surface area contributed by atoms with Gasteiger partial charge in [-0.25, -0.2) is 5.06 Å². The van der Waals surface area contributed by atoms with Gasteiger partial charge < -0.3 is 9.84 Å². The van der Waals surface area contributed by atoms with Gasteiger partial charge in [0.15, 0.2) is 5.78 Å². The van der Waals surface area contributed by atoms with Crippen molar-refractivity contribution in [2.45, 2.75) is 33.1 Å². The van der Waals surface area contributed by atoms with E-state index in [4.69, 9.17) is 9.94 Å². The molecule has 0 aliphatic carbocycles. The molecule has 1 aromatic rings. The lowest BCUT2D eigenvalue weighted by molar-refractivity contribution is -0.155. The van der Waals surface area contributed by atoms with Crippen molar-refractivity contribution in [3.05, 3.63) is 23.3 Å². The summed E-state index contributed by atoms with van der Waals surface area (Å²) in [6.07, 6.45) is 2.19. The van der Waals surface area contributed by atoms with E-state index in [1.807, 2.05) is 6.92 Å². The standard InChI is InChI=1S/C17H25NO5S/c1-4-6-14-15(8-7-13(12(2)19)17(14)21)23-9-5-10-24-11-16(20)18(3)22/h7-8,21-22H,4-6,9-11H2,1-3H3. The summed E-state index contributed by atoms with van der Waals surface area (Å²) >= 11 is 1.42. The lowest BCUT2D eigenvalue weighted by atomic mass is 10.0. The van der Waals surface area contributed by atoms with E-state index >= 15 is 0 Å². The highest BCUT2D eigenvalue weighted by Crippen LogP contribution is 2.33. The number of hydrogen-bond acceptors (Lipinski definition) is 6. The molecule has 0 aliphatic heterocycles. The second-order valence-corrected chi connectivity index (χ2v) is 6.52. The van der Waals surface area contributed by atoms with E-state index in [1.165, 1.54) is 25.7 Å². The fourth-order valence-electron chi connectivity index (χ4n) is 2.12. The molecule has 0 bridgehead atoms. The Hall–Kier alpha value is -1.73. The van der Waals surface area contributed by atoms with Crippen LogP contribution in [-0.2, 0) is 11.2 Å². The molecule has 1 aromatic carbocycles. The molecule has 1 amide bonds. The number of phenols is 1. The molecule has 0 radical (unpaired) electrons. The molecule has 0 unspecified atom stereocenters. The predicted octanol–water partition coefficient (Wildman–Crippen LogP) is 2.90. The number of hydrogen-bond donors (Lipinski definition) is 2. The van der Waals surface area contributed by atoms with E-state index in [0.717, 1.165) is 18.6 Å². The summed E-state index contributed by atoms with van der Waals surface area (Å²) in [5.74, 6) is 1.04. The Morgan fingerprint density at radius 3 is 2.62 bits per heavy atom. The Bertz CT molecular complexity index is 574. The first kappa shape index (κ1) is 20.3. The number of nitrogens with zero attached hydrogens (tertiary/aromatic N) is 1. The van der Waals surface area contributed by atoms with Crippen LogP contribution in [0.1, 0.15) is 42.6 Å². The smallest absolute Gasteiger partial charge is 0.255 e. The van der Waals surface area contributed by atoms with E-state index in [2.05, 4.69) is 0 Å². The molecule has 0 spiro atoms. The quantitative estimate of drug-likeness (QED) is 0.290. The van der Waals surface area contributed by atoms with E-state index in [0.29, 0.717) is 35.0 Å². The molecule has 0 aliphatic rings. The summed E-state index contributed by atoms with van der Waals surface area (Å²) < 4.78 is 5.73. The van der Waals surface area contributed by atoms with Gasteiger partial charge in [0, 0.05) is 12.6 Å². The number of carbonyl (C=O) groups excluding carboxylic acids is 2. The molecule has 6 nitrogen and oxygen atoms in total. The van der Waals surface area contributed by atoms with Crippen LogP contribution in [0.15, 0.2) is 12.1 Å². The second-order valence-electron chi connectivity index (χ2n) is 5.42. The first-order chi connectivity index (χ1) is 11.4. The maximum absolute atomic E-state index is 11.5. The number of ketones is 1. The van der Waals surface area contributed by atoms with Crippen LogP contribution in [0, 0.1) is 0 Å². The molecular weight excluding hydrogens is 330 g/mol. The SMILES string of the molecule is CCCc1c(OCCCSCC(=O)N(C)O)ccc(C(C)=O)c1O. The van der Waals surface area contributed by atoms with Crippen molar-refractivity contribution in [1.29, 1.82) is 0 Å². The third kappa shape index (κ3) is 6.05. The lowest BCUT2D eigenvalue weighted by Crippen LogP contribution is -2.24. The fraction of sp³-hybridized carbons (Fsp3) is 0.529. The molecule has 0 fully saturated rings. The Morgan fingerprint density at radius 1 is 1.33 bits per heavy atom. The van der Waals surface area contributed by atoms with Crippen molar-refractivity contribution >= 4 is 23.5 Å². The van der Waals surface area contributed by atoms with Gasteiger partial charge in [0.25, 0.3) is 5.91 Å². The summed E-state index contributed by atoms with van der Waals surface area (Å²) in [6, 6.07) is 3.30. The van der Waals surface area contributed by atoms with Crippen molar-refractivity contribution in [1.82, 2.24) is 5.06 Å². The normalized spacial score (nSPS) is 10.5. The average Bonchev–Trinajstić information content (AvgIpc) is 2.52. The zero-order valence-electron chi connectivity index (χ0n) is 14.4. The highest BCUT2D eigenvalue weighted by atomic mass is 32.2. The number of hydroxylamine groups is 2. The number of benzene rings is 1. The fourth-order valence-corrected chi connectivity index (χ4v) is 2.95. The summed E-state index contributed by atoms with van der Waals surface area (Å²) in [6.45, 7) is 3.87. The number of thioether (sulfide) groups is 1. The third-order valence-electron chi connectivity index (χ3n) is 3.40. The average molecular weight is 355 g/mol. The van der Waals surface area contributed by atoms with Gasteiger partial charge in [-0.2, -0.15) is 11.8 Å². The van der Waals surface area contributed by atoms with E-state index < -0.39 is 0 Å². The largest absolute Gasteiger partial charge is 0.507 e. The Morgan fingerprint density at radius 2 is 2.04 bits per heavy atom. The molecule has 0 saturated carbocycles. The second kappa shape index (κ2) is 10.2. The minimum atomic E-state index is -0.337. The molecule has 0 heterocycles. The van der Waals surface area contributed by atoms with Gasteiger partial charge in [0.2, 0.25) is 0 Å². The zero-order valence-corrected chi connectivity index (χ0v) is 15.2. The van der Waals surface area contributed by atoms with Gasteiger partial charge in [-0.3, -0.25) is 14.8 Å². The molecule has 0 atom stereocenters. The molecule has 1 rings (SSSR count). The van der Waals surface area contributed by atoms with Crippen LogP contribution in [0.5, 0.6) is 11.5 Å². The van der Waals surface area contributed by atoms with Crippen molar-refractivity contribution < 1.29 is 24.6 Å². The van der Waals surface area contributed by atoms with Crippen molar-refractivity contribution in [3.63, 3.8) is 0 Å². The van der Waals surface area contributed by atoms with Crippen molar-refractivity contribution in [3.8, 4) is 11.5 Å². The van der Waals surface area contributed by atoms with Gasteiger partial charge in [0.05, 0.1) is 17.9 Å². The van der Waals surface area contributed by atoms with Crippen LogP contribution in [0.4, 0.5) is 0 Å². The van der Waals surface area contributed by atoms with Crippen LogP contribution in [0.25, 0.3) is 0 Å². The van der Waals surface area contributed by atoms with E-state index in [9.17, 15) is 14.7 Å². The predicted molar refractivity (Wildman–Crippen MR) is 94.1 cm³/mol. The Balaban J connectivity index is 2.54. The number of Topliss-reactive ketones (excluding diaryl/α,β-unsaturated/α-hetero) is 1. The van der Waals surface area contributed by atoms with Crippen LogP contribution in [0.2, 0.25) is 0 Å². The Kier molecular flexibility index (Phi) is 8.63. The summed E-state index contributed by atoms with van der Waals surface area (Å²) in [4.78, 5) is 22.7. The minimum absolute atomic E-state index is 0.00723. The van der Waals surface area contributed by atoms with Crippen molar-refractivity contribution in [2.75, 3.05) is 25.2 Å². The van der Waals surface area contributed by atoms with Crippen LogP contribution >= 0.6 is 11.8 Å². The molecule has 7 heteroatoms. The summed E-state index contributed by atoms with van der Waals surface area (Å²) in [5, 5.41) is 19.8. The van der Waals surface area contributed by atoms with Crippen molar-refractivity contribution in [2.24, 2.45) is 0 Å². The number of ether oxygens (including phenoxy) is 1. The number of rotatable bonds is 10. The van der Waals surface area contributed by atoms with E-state index in [-0.39, 0.29) is 23.2 Å². The molecule has 0 saturated heterocycles. The molecule has 0 aromatic heterocycles. The van der Waals surface area contributed by atoms with Gasteiger partial charge in [-0.15, -0.1) is 0 Å². The van der Waals surface area contributed by atoms with Gasteiger partial charge in [-0.1, -0.05) is 13.3 Å². The van der Waals surface area contributed by atoms with Crippen LogP contribution in [0.3, 0.4) is 0 Å². The molecular formula is C17H25NO5S. The monoisotopic (exact) mass is 355 g/mol. The Labute approximate surface area is 146 Å². The van der Waals surface area contributed by atoms with E-state index in [1.54, 1.807) is 12.1 Å². The molecule has 2 N–H and O–H groups in total. The zero-order chi connectivity index (χ0) is 18.1. The number of phenolic OH excluding ortho intramolecular Hbond substituents is 1. The number of aromatic hydroxyl groups is 1. The number of carbonyl (C=O) groups is 2. The highest BCUT2D eigenvalue weighted by molar-refractivity contribution is 7.99. The van der Waals surface area contributed by atoms with Crippen LogP contribution < -0.4 is 4.74 Å². The minimum Gasteiger partial charge on any atom is -0.507 e.